The number of nitrogens with zero attached hydrogens (tertiary/aromatic N) is 3. The lowest BCUT2D eigenvalue weighted by atomic mass is 9.71. The first-order valence-corrected chi connectivity index (χ1v) is 19.3. The summed E-state index contributed by atoms with van der Waals surface area (Å²) in [6.45, 7) is 7.19. The van der Waals surface area contributed by atoms with Crippen LogP contribution in [0.15, 0.2) is 18.2 Å². The Kier molecular flexibility index (Phi) is 8.06. The standard InChI is InChI=1S/C40H42N4O9S/c1-17-10-23-21(12-27(17)46)7-8-42-40(23)15-54-38-30-29(37-36(51-16-52-37)19(3)35(30)53-20(4)45)26(14-50-39(40)48)44-25(13-41)24-11-22-9-18(2)34(49-6)33(47)28(22)31(32(38)44)43(24)5/h9-10,12,24-26,31-32,38,42,46-47H,7-8,11,14-16H2,1-6H3/t24-,25-,26-,31?,32+,38+,40-/m0/s1. The van der Waals surface area contributed by atoms with Crippen LogP contribution in [0.1, 0.15) is 74.3 Å². The maximum atomic E-state index is 14.7. The lowest BCUT2D eigenvalue weighted by Gasteiger charge is -2.62. The van der Waals surface area contributed by atoms with Crippen molar-refractivity contribution in [3.05, 3.63) is 68.3 Å². The number of phenols is 2. The molecule has 13 nitrogen and oxygen atoms in total. The third-order valence-electron chi connectivity index (χ3n) is 12.5. The van der Waals surface area contributed by atoms with Crippen molar-refractivity contribution in [3.8, 4) is 40.6 Å². The minimum absolute atomic E-state index is 0.0496. The van der Waals surface area contributed by atoms with Gasteiger partial charge in [-0.15, -0.1) is 11.8 Å². The zero-order valence-corrected chi connectivity index (χ0v) is 31.8. The van der Waals surface area contributed by atoms with Gasteiger partial charge in [-0.1, -0.05) is 6.07 Å². The highest BCUT2D eigenvalue weighted by Crippen LogP contribution is 2.64. The van der Waals surface area contributed by atoms with Crippen LogP contribution in [0.5, 0.6) is 34.5 Å². The van der Waals surface area contributed by atoms with Gasteiger partial charge in [-0.05, 0) is 80.6 Å². The van der Waals surface area contributed by atoms with Crippen LogP contribution in [0.4, 0.5) is 0 Å². The predicted octanol–water partition coefficient (Wildman–Crippen LogP) is 4.29. The Hall–Kier alpha value is -4.68. The molecule has 1 unspecified atom stereocenters. The predicted molar refractivity (Wildman–Crippen MR) is 196 cm³/mol. The molecule has 0 saturated carbocycles. The van der Waals surface area contributed by atoms with Crippen LogP contribution in [0.2, 0.25) is 0 Å². The molecule has 1 spiro atoms. The molecule has 0 radical (unpaired) electrons. The number of aryl methyl sites for hydroxylation is 2. The molecule has 3 aromatic rings. The average Bonchev–Trinajstić information content (AvgIpc) is 3.63. The van der Waals surface area contributed by atoms with Gasteiger partial charge in [0.15, 0.2) is 28.5 Å². The normalized spacial score (nSPS) is 29.3. The van der Waals surface area contributed by atoms with E-state index in [4.69, 9.17) is 23.7 Å². The number of aromatic hydroxyl groups is 2. The lowest BCUT2D eigenvalue weighted by Crippen LogP contribution is -2.69. The summed E-state index contributed by atoms with van der Waals surface area (Å²) < 4.78 is 30.6. The number of carbonyl (C=O) groups is 2. The van der Waals surface area contributed by atoms with Crippen LogP contribution < -0.4 is 24.3 Å². The van der Waals surface area contributed by atoms with Crippen molar-refractivity contribution in [3.63, 3.8) is 0 Å². The molecule has 282 valence electrons. The van der Waals surface area contributed by atoms with Crippen molar-refractivity contribution < 1.29 is 43.5 Å². The summed E-state index contributed by atoms with van der Waals surface area (Å²) in [6.07, 6.45) is 1.11. The van der Waals surface area contributed by atoms with Crippen molar-refractivity contribution in [1.82, 2.24) is 15.1 Å². The number of phenolic OH excluding ortho intramolecular Hbond substituents is 2. The number of rotatable bonds is 2. The molecular formula is C40H42N4O9S. The molecule has 54 heavy (non-hydrogen) atoms. The van der Waals surface area contributed by atoms with E-state index in [2.05, 4.69) is 27.3 Å². The first-order valence-electron chi connectivity index (χ1n) is 18.2. The summed E-state index contributed by atoms with van der Waals surface area (Å²) in [4.78, 5) is 32.0. The fraction of sp³-hybridized carbons (Fsp3) is 0.475. The van der Waals surface area contributed by atoms with Crippen LogP contribution in [0, 0.1) is 32.1 Å². The van der Waals surface area contributed by atoms with E-state index in [9.17, 15) is 25.1 Å². The Bertz CT molecular complexity index is 2200. The fourth-order valence-electron chi connectivity index (χ4n) is 10.1. The maximum Gasteiger partial charge on any atom is 0.331 e. The number of likely N-dealkylation sites (N-methyl/N-ethyl adjacent to an activating group) is 1. The topological polar surface area (TPSA) is 163 Å². The highest BCUT2D eigenvalue weighted by Gasteiger charge is 2.61. The van der Waals surface area contributed by atoms with Gasteiger partial charge >= 0.3 is 11.9 Å². The summed E-state index contributed by atoms with van der Waals surface area (Å²) in [5, 5.41) is 36.8. The number of nitriles is 1. The van der Waals surface area contributed by atoms with E-state index in [1.165, 1.54) is 18.7 Å². The number of hydrogen-bond donors (Lipinski definition) is 3. The van der Waals surface area contributed by atoms with Crippen molar-refractivity contribution in [1.29, 1.82) is 5.26 Å². The highest BCUT2D eigenvalue weighted by atomic mass is 32.2. The number of methoxy groups -OCH3 is 1. The molecule has 7 heterocycles. The molecule has 4 bridgehead atoms. The highest BCUT2D eigenvalue weighted by molar-refractivity contribution is 7.99. The summed E-state index contributed by atoms with van der Waals surface area (Å²) in [6, 6.07) is 5.65. The maximum absolute atomic E-state index is 14.7. The Balaban J connectivity index is 1.34. The van der Waals surface area contributed by atoms with E-state index in [1.54, 1.807) is 13.2 Å². The Labute approximate surface area is 317 Å². The molecule has 7 aliphatic heterocycles. The van der Waals surface area contributed by atoms with Gasteiger partial charge in [0.2, 0.25) is 6.79 Å². The summed E-state index contributed by atoms with van der Waals surface area (Å²) >= 11 is 1.51. The average molecular weight is 755 g/mol. The molecule has 7 aliphatic rings. The number of benzene rings is 3. The zero-order chi connectivity index (χ0) is 38.0. The van der Waals surface area contributed by atoms with E-state index >= 15 is 0 Å². The van der Waals surface area contributed by atoms with Gasteiger partial charge in [-0.3, -0.25) is 19.9 Å². The summed E-state index contributed by atoms with van der Waals surface area (Å²) in [5.41, 5.74) is 5.40. The van der Waals surface area contributed by atoms with Gasteiger partial charge in [0.25, 0.3) is 0 Å². The van der Waals surface area contributed by atoms with Gasteiger partial charge in [0.05, 0.1) is 30.5 Å². The Morgan fingerprint density at radius 1 is 1.06 bits per heavy atom. The van der Waals surface area contributed by atoms with Crippen molar-refractivity contribution in [2.24, 2.45) is 0 Å². The molecule has 3 aromatic carbocycles. The molecular weight excluding hydrogens is 713 g/mol. The first-order chi connectivity index (χ1) is 25.9. The second kappa shape index (κ2) is 12.4. The van der Waals surface area contributed by atoms with Gasteiger partial charge in [0, 0.05) is 53.6 Å². The molecule has 2 saturated heterocycles. The van der Waals surface area contributed by atoms with E-state index < -0.39 is 46.9 Å². The molecule has 2 fully saturated rings. The summed E-state index contributed by atoms with van der Waals surface area (Å²) in [7, 11) is 3.54. The molecule has 10 rings (SSSR count). The van der Waals surface area contributed by atoms with E-state index in [0.29, 0.717) is 64.6 Å². The first kappa shape index (κ1) is 35.0. The fourth-order valence-corrected chi connectivity index (χ4v) is 11.8. The number of esters is 2. The van der Waals surface area contributed by atoms with Crippen LogP contribution in [0.3, 0.4) is 0 Å². The van der Waals surface area contributed by atoms with Crippen LogP contribution in [0.25, 0.3) is 0 Å². The van der Waals surface area contributed by atoms with E-state index in [1.807, 2.05) is 33.9 Å². The largest absolute Gasteiger partial charge is 0.508 e. The second-order valence-corrected chi connectivity index (χ2v) is 16.3. The minimum Gasteiger partial charge on any atom is -0.508 e. The van der Waals surface area contributed by atoms with Gasteiger partial charge < -0.3 is 33.9 Å². The van der Waals surface area contributed by atoms with Crippen molar-refractivity contribution >= 4 is 23.7 Å². The zero-order valence-electron chi connectivity index (χ0n) is 30.9. The Morgan fingerprint density at radius 3 is 2.57 bits per heavy atom. The number of nitrogens with one attached hydrogen (secondary N) is 1. The van der Waals surface area contributed by atoms with Gasteiger partial charge in [0.1, 0.15) is 24.1 Å². The second-order valence-electron chi connectivity index (χ2n) is 15.2. The number of thioether (sulfide) groups is 1. The van der Waals surface area contributed by atoms with Gasteiger partial charge in [-0.25, -0.2) is 4.79 Å². The lowest BCUT2D eigenvalue weighted by molar-refractivity contribution is -0.157. The third kappa shape index (κ3) is 4.68. The van der Waals surface area contributed by atoms with Crippen molar-refractivity contribution in [2.45, 2.75) is 81.5 Å². The monoisotopic (exact) mass is 754 g/mol. The van der Waals surface area contributed by atoms with E-state index in [-0.39, 0.29) is 36.7 Å². The quantitative estimate of drug-likeness (QED) is 0.251. The summed E-state index contributed by atoms with van der Waals surface area (Å²) in [5.74, 6) is 1.11. The molecule has 7 atom stereocenters. The van der Waals surface area contributed by atoms with Crippen LogP contribution in [-0.4, -0.2) is 89.9 Å². The molecule has 3 N–H and O–H groups in total. The smallest absolute Gasteiger partial charge is 0.331 e. The van der Waals surface area contributed by atoms with Gasteiger partial charge in [-0.2, -0.15) is 5.26 Å². The number of ether oxygens (including phenoxy) is 5. The van der Waals surface area contributed by atoms with Crippen LogP contribution >= 0.6 is 11.8 Å². The molecule has 14 heteroatoms. The van der Waals surface area contributed by atoms with Crippen molar-refractivity contribution in [2.75, 3.05) is 39.9 Å². The molecule has 0 amide bonds. The Morgan fingerprint density at radius 2 is 1.83 bits per heavy atom. The number of carbonyl (C=O) groups excluding carboxylic acids is 2. The number of piperazine rings is 1. The number of fused-ring (bicyclic) bond motifs is 9. The third-order valence-corrected chi connectivity index (χ3v) is 13.9. The molecule has 0 aliphatic carbocycles. The SMILES string of the molecule is COc1c(C)cc2c(c1O)C1[C@@H]3[C@@H]4SC[C@@]5(NCCc6cc(O)c(C)cc65)C(=O)OC[C@@H](c5c6c(c(C)c(OC(C)=O)c54)OCO6)N3[C@@H](C#N)[C@H](C2)N1C. The molecule has 0 aromatic heterocycles. The number of hydrogen-bond acceptors (Lipinski definition) is 14. The van der Waals surface area contributed by atoms with Crippen LogP contribution in [-0.2, 0) is 32.7 Å². The minimum atomic E-state index is -1.28. The van der Waals surface area contributed by atoms with E-state index in [0.717, 1.165) is 27.8 Å².